The average molecular weight is 425 g/mol. The number of aryl methyl sites for hydroxylation is 1. The van der Waals surface area contributed by atoms with Gasteiger partial charge in [0.2, 0.25) is 11.8 Å². The maximum absolute atomic E-state index is 13.3. The van der Waals surface area contributed by atoms with Crippen LogP contribution in [0.25, 0.3) is 0 Å². The van der Waals surface area contributed by atoms with Crippen LogP contribution in [0.5, 0.6) is 0 Å². The molecule has 1 unspecified atom stereocenters. The topological polar surface area (TPSA) is 96.5 Å². The summed E-state index contributed by atoms with van der Waals surface area (Å²) in [7, 11) is 1.93. The zero-order valence-electron chi connectivity index (χ0n) is 16.3. The monoisotopic (exact) mass is 424 g/mol. The summed E-state index contributed by atoms with van der Waals surface area (Å²) in [6, 6.07) is 5.61. The smallest absolute Gasteiger partial charge is 0.241 e. The number of hydrogen-bond acceptors (Lipinski definition) is 5. The van der Waals surface area contributed by atoms with Crippen LogP contribution in [0.4, 0.5) is 10.1 Å². The second kappa shape index (κ2) is 10.3. The highest BCUT2D eigenvalue weighted by molar-refractivity contribution is 5.95. The molecule has 8 nitrogen and oxygen atoms in total. The van der Waals surface area contributed by atoms with E-state index in [0.29, 0.717) is 18.8 Å². The van der Waals surface area contributed by atoms with Crippen LogP contribution in [-0.2, 0) is 16.6 Å². The molecule has 1 fully saturated rings. The predicted molar refractivity (Wildman–Crippen MR) is 110 cm³/mol. The van der Waals surface area contributed by atoms with Crippen molar-refractivity contribution in [3.63, 3.8) is 0 Å². The van der Waals surface area contributed by atoms with Gasteiger partial charge < -0.3 is 20.5 Å². The van der Waals surface area contributed by atoms with Gasteiger partial charge in [0.05, 0.1) is 12.6 Å². The van der Waals surface area contributed by atoms with Gasteiger partial charge in [0.1, 0.15) is 11.6 Å². The van der Waals surface area contributed by atoms with Crippen LogP contribution in [0.2, 0.25) is 0 Å². The fourth-order valence-corrected chi connectivity index (χ4v) is 3.39. The number of nitrogens with one attached hydrogen (secondary N) is 1. The maximum Gasteiger partial charge on any atom is 0.241 e. The third-order valence-electron chi connectivity index (χ3n) is 4.87. The molecule has 1 aliphatic rings. The first-order chi connectivity index (χ1) is 13.5. The molecule has 1 atom stereocenters. The van der Waals surface area contributed by atoms with Crippen molar-refractivity contribution in [3.05, 3.63) is 48.3 Å². The van der Waals surface area contributed by atoms with E-state index >= 15 is 0 Å². The quantitative estimate of drug-likeness (QED) is 0.686. The largest absolute Gasteiger partial charge is 0.370 e. The van der Waals surface area contributed by atoms with E-state index < -0.39 is 5.91 Å². The molecule has 0 aliphatic carbocycles. The van der Waals surface area contributed by atoms with Gasteiger partial charge in [0, 0.05) is 57.7 Å². The van der Waals surface area contributed by atoms with Gasteiger partial charge in [-0.2, -0.15) is 0 Å². The van der Waals surface area contributed by atoms with Crippen LogP contribution >= 0.6 is 12.4 Å². The minimum atomic E-state index is -0.493. The first-order valence-corrected chi connectivity index (χ1v) is 9.22. The lowest BCUT2D eigenvalue weighted by Crippen LogP contribution is -2.51. The number of nitrogens with zero attached hydrogens (tertiary/aromatic N) is 4. The first kappa shape index (κ1) is 22.8. The van der Waals surface area contributed by atoms with Crippen molar-refractivity contribution in [1.29, 1.82) is 0 Å². The van der Waals surface area contributed by atoms with Gasteiger partial charge >= 0.3 is 0 Å². The van der Waals surface area contributed by atoms with Crippen molar-refractivity contribution in [2.75, 3.05) is 37.6 Å². The lowest BCUT2D eigenvalue weighted by Gasteiger charge is -2.36. The maximum atomic E-state index is 13.3. The Morgan fingerprint density at radius 3 is 2.69 bits per heavy atom. The molecule has 2 heterocycles. The van der Waals surface area contributed by atoms with Gasteiger partial charge in [-0.3, -0.25) is 14.5 Å². The fourth-order valence-electron chi connectivity index (χ4n) is 3.39. The predicted octanol–water partition coefficient (Wildman–Crippen LogP) is 0.836. The Morgan fingerprint density at radius 2 is 2.07 bits per heavy atom. The molecule has 2 aromatic rings. The number of halogens is 2. The standard InChI is InChI=1S/C19H25FN6O2.ClH/c1-24-10-8-23-19(24)16-12-22-7-11-25(16)13-18(28)26(9-6-17(21)27)15-4-2-14(20)3-5-15;/h2-5,8,10,16,22H,6-7,9,11-13H2,1H3,(H2,21,27);1H. The van der Waals surface area contributed by atoms with Crippen molar-refractivity contribution in [3.8, 4) is 0 Å². The number of anilines is 1. The number of carbonyl (C=O) groups excluding carboxylic acids is 2. The fraction of sp³-hybridized carbons (Fsp3) is 0.421. The van der Waals surface area contributed by atoms with Crippen LogP contribution in [0.15, 0.2) is 36.7 Å². The van der Waals surface area contributed by atoms with Crippen LogP contribution in [0.3, 0.4) is 0 Å². The van der Waals surface area contributed by atoms with Gasteiger partial charge in [0.15, 0.2) is 0 Å². The molecule has 29 heavy (non-hydrogen) atoms. The summed E-state index contributed by atoms with van der Waals surface area (Å²) in [5, 5.41) is 3.34. The minimum absolute atomic E-state index is 0. The molecule has 3 rings (SSSR count). The molecular formula is C19H26ClFN6O2. The van der Waals surface area contributed by atoms with E-state index in [-0.39, 0.29) is 49.7 Å². The number of amides is 2. The Balaban J connectivity index is 0.00000300. The molecule has 10 heteroatoms. The lowest BCUT2D eigenvalue weighted by atomic mass is 10.1. The highest BCUT2D eigenvalue weighted by Gasteiger charge is 2.30. The number of hydrogen-bond donors (Lipinski definition) is 2. The van der Waals surface area contributed by atoms with Gasteiger partial charge in [-0.25, -0.2) is 9.37 Å². The molecule has 0 spiro atoms. The number of aromatic nitrogens is 2. The summed E-state index contributed by atoms with van der Waals surface area (Å²) in [4.78, 5) is 32.3. The molecular weight excluding hydrogens is 399 g/mol. The minimum Gasteiger partial charge on any atom is -0.370 e. The van der Waals surface area contributed by atoms with E-state index in [9.17, 15) is 14.0 Å². The summed E-state index contributed by atoms with van der Waals surface area (Å²) >= 11 is 0. The van der Waals surface area contributed by atoms with Crippen molar-refractivity contribution < 1.29 is 14.0 Å². The Labute approximate surface area is 175 Å². The van der Waals surface area contributed by atoms with Crippen LogP contribution in [0, 0.1) is 5.82 Å². The highest BCUT2D eigenvalue weighted by Crippen LogP contribution is 2.22. The normalized spacial score (nSPS) is 16.8. The van der Waals surface area contributed by atoms with Gasteiger partial charge in [-0.15, -0.1) is 12.4 Å². The summed E-state index contributed by atoms with van der Waals surface area (Å²) in [5.74, 6) is -0.171. The summed E-state index contributed by atoms with van der Waals surface area (Å²) in [6.07, 6.45) is 3.65. The zero-order valence-corrected chi connectivity index (χ0v) is 17.1. The number of imidazole rings is 1. The Bertz CT molecular complexity index is 828. The number of primary amides is 1. The molecule has 1 saturated heterocycles. The van der Waals surface area contributed by atoms with E-state index in [0.717, 1.165) is 12.4 Å². The Kier molecular flexibility index (Phi) is 8.12. The number of nitrogens with two attached hydrogens (primary N) is 1. The van der Waals surface area contributed by atoms with E-state index in [4.69, 9.17) is 5.73 Å². The van der Waals surface area contributed by atoms with Gasteiger partial charge in [-0.05, 0) is 24.3 Å². The summed E-state index contributed by atoms with van der Waals surface area (Å²) in [6.45, 7) is 2.46. The van der Waals surface area contributed by atoms with Crippen LogP contribution < -0.4 is 16.0 Å². The molecule has 3 N–H and O–H groups in total. The Hall–Kier alpha value is -2.49. The van der Waals surface area contributed by atoms with Crippen molar-refractivity contribution in [2.45, 2.75) is 12.5 Å². The van der Waals surface area contributed by atoms with E-state index in [1.807, 2.05) is 17.8 Å². The van der Waals surface area contributed by atoms with Crippen molar-refractivity contribution in [2.24, 2.45) is 12.8 Å². The zero-order chi connectivity index (χ0) is 20.1. The molecule has 1 aromatic heterocycles. The van der Waals surface area contributed by atoms with Crippen LogP contribution in [-0.4, -0.2) is 59.0 Å². The molecule has 0 radical (unpaired) electrons. The molecule has 2 amide bonds. The highest BCUT2D eigenvalue weighted by atomic mass is 35.5. The number of benzene rings is 1. The Morgan fingerprint density at radius 1 is 1.34 bits per heavy atom. The summed E-state index contributed by atoms with van der Waals surface area (Å²) < 4.78 is 15.2. The van der Waals surface area contributed by atoms with E-state index in [1.54, 1.807) is 6.20 Å². The number of rotatable bonds is 7. The molecule has 1 aliphatic heterocycles. The lowest BCUT2D eigenvalue weighted by molar-refractivity contribution is -0.120. The molecule has 158 valence electrons. The van der Waals surface area contributed by atoms with Crippen molar-refractivity contribution >= 4 is 29.9 Å². The van der Waals surface area contributed by atoms with E-state index in [1.165, 1.54) is 29.2 Å². The van der Waals surface area contributed by atoms with Gasteiger partial charge in [0.25, 0.3) is 0 Å². The van der Waals surface area contributed by atoms with Crippen molar-refractivity contribution in [1.82, 2.24) is 19.8 Å². The first-order valence-electron chi connectivity index (χ1n) is 9.22. The average Bonchev–Trinajstić information content (AvgIpc) is 3.09. The molecule has 0 saturated carbocycles. The van der Waals surface area contributed by atoms with E-state index in [2.05, 4.69) is 15.2 Å². The molecule has 0 bridgehead atoms. The second-order valence-electron chi connectivity index (χ2n) is 6.82. The third-order valence-corrected chi connectivity index (χ3v) is 4.87. The third kappa shape index (κ3) is 5.75. The summed E-state index contributed by atoms with van der Waals surface area (Å²) in [5.41, 5.74) is 5.80. The van der Waals surface area contributed by atoms with Crippen LogP contribution in [0.1, 0.15) is 18.3 Å². The number of piperazine rings is 1. The second-order valence-corrected chi connectivity index (χ2v) is 6.82. The molecule has 1 aromatic carbocycles. The number of carbonyl (C=O) groups is 2. The SMILES string of the molecule is Cl.Cn1ccnc1C1CNCCN1CC(=O)N(CCC(N)=O)c1ccc(F)cc1. The van der Waals surface area contributed by atoms with Gasteiger partial charge in [-0.1, -0.05) is 0 Å².